The zero-order valence-electron chi connectivity index (χ0n) is 12.3. The van der Waals surface area contributed by atoms with Gasteiger partial charge in [-0.05, 0) is 55.2 Å². The first kappa shape index (κ1) is 14.1. The average Bonchev–Trinajstić information content (AvgIpc) is 2.88. The van der Waals surface area contributed by atoms with Gasteiger partial charge in [0.15, 0.2) is 0 Å². The molecule has 0 saturated heterocycles. The quantitative estimate of drug-likeness (QED) is 0.697. The first-order valence-electron chi connectivity index (χ1n) is 7.30. The number of rotatable bonds is 4. The second kappa shape index (κ2) is 5.86. The summed E-state index contributed by atoms with van der Waals surface area (Å²) in [4.78, 5) is 1.74. The third-order valence-corrected chi connectivity index (χ3v) is 3.83. The normalized spacial score (nSPS) is 11.2. The summed E-state index contributed by atoms with van der Waals surface area (Å²) >= 11 is 6.02. The summed E-state index contributed by atoms with van der Waals surface area (Å²) in [6.45, 7) is 4.30. The lowest BCUT2D eigenvalue weighted by Gasteiger charge is -2.09. The van der Waals surface area contributed by atoms with E-state index in [-0.39, 0.29) is 0 Å². The number of nitrogens with zero attached hydrogens (tertiary/aromatic N) is 3. The molecule has 0 radical (unpaired) electrons. The van der Waals surface area contributed by atoms with Crippen LogP contribution in [-0.2, 0) is 6.42 Å². The summed E-state index contributed by atoms with van der Waals surface area (Å²) in [5.41, 5.74) is 5.25. The van der Waals surface area contributed by atoms with Gasteiger partial charge in [0, 0.05) is 5.02 Å². The molecule has 0 aliphatic carbocycles. The molecule has 0 amide bonds. The van der Waals surface area contributed by atoms with Crippen LogP contribution in [0.2, 0.25) is 5.02 Å². The number of halogens is 1. The summed E-state index contributed by atoms with van der Waals surface area (Å²) in [5.74, 6) is 0. The highest BCUT2D eigenvalue weighted by Crippen LogP contribution is 2.21. The van der Waals surface area contributed by atoms with E-state index in [1.807, 2.05) is 18.2 Å². The Morgan fingerprint density at radius 2 is 1.86 bits per heavy atom. The summed E-state index contributed by atoms with van der Waals surface area (Å²) in [6.07, 6.45) is 3.39. The second-order valence-electron chi connectivity index (χ2n) is 5.36. The van der Waals surface area contributed by atoms with Crippen LogP contribution in [0.25, 0.3) is 16.7 Å². The number of unbranched alkanes of at least 4 members (excludes halogenated alkanes) is 1. The molecule has 0 bridgehead atoms. The molecule has 0 aliphatic rings. The summed E-state index contributed by atoms with van der Waals surface area (Å²) in [5, 5.41) is 9.84. The Morgan fingerprint density at radius 1 is 1.05 bits per heavy atom. The van der Waals surface area contributed by atoms with E-state index in [9.17, 15) is 0 Å². The predicted octanol–water partition coefficient (Wildman–Crippen LogP) is 4.72. The predicted molar refractivity (Wildman–Crippen MR) is 87.2 cm³/mol. The Kier molecular flexibility index (Phi) is 3.93. The number of hydrogen-bond acceptors (Lipinski definition) is 2. The lowest BCUT2D eigenvalue weighted by molar-refractivity contribution is 0.734. The number of benzene rings is 2. The molecule has 0 fully saturated rings. The molecule has 3 rings (SSSR count). The molecular weight excluding hydrogens is 282 g/mol. The molecule has 108 valence electrons. The Balaban J connectivity index is 2.10. The molecule has 0 atom stereocenters. The molecule has 0 saturated carbocycles. The second-order valence-corrected chi connectivity index (χ2v) is 5.79. The van der Waals surface area contributed by atoms with Crippen molar-refractivity contribution in [2.24, 2.45) is 0 Å². The fraction of sp³-hybridized carbons (Fsp3) is 0.294. The van der Waals surface area contributed by atoms with Crippen molar-refractivity contribution in [3.8, 4) is 5.69 Å². The minimum Gasteiger partial charge on any atom is -0.150 e. The largest absolute Gasteiger partial charge is 0.150 e. The summed E-state index contributed by atoms with van der Waals surface area (Å²) in [7, 11) is 0. The van der Waals surface area contributed by atoms with Gasteiger partial charge in [0.05, 0.1) is 5.69 Å². The Labute approximate surface area is 129 Å². The van der Waals surface area contributed by atoms with Crippen molar-refractivity contribution < 1.29 is 0 Å². The molecule has 0 N–H and O–H groups in total. The fourth-order valence-corrected chi connectivity index (χ4v) is 2.60. The van der Waals surface area contributed by atoms with Crippen LogP contribution in [0.1, 0.15) is 30.9 Å². The highest BCUT2D eigenvalue weighted by molar-refractivity contribution is 6.31. The lowest BCUT2D eigenvalue weighted by Crippen LogP contribution is -2.04. The molecule has 3 nitrogen and oxygen atoms in total. The maximum absolute atomic E-state index is 6.02. The number of fused-ring (bicyclic) bond motifs is 1. The van der Waals surface area contributed by atoms with Gasteiger partial charge in [-0.25, -0.2) is 0 Å². The van der Waals surface area contributed by atoms with E-state index in [1.54, 1.807) is 4.80 Å². The van der Waals surface area contributed by atoms with Crippen molar-refractivity contribution in [3.05, 3.63) is 52.5 Å². The Hall–Kier alpha value is -1.87. The van der Waals surface area contributed by atoms with Crippen LogP contribution in [0.4, 0.5) is 0 Å². The highest BCUT2D eigenvalue weighted by Gasteiger charge is 2.09. The van der Waals surface area contributed by atoms with Crippen molar-refractivity contribution in [2.45, 2.75) is 33.1 Å². The molecule has 21 heavy (non-hydrogen) atoms. The van der Waals surface area contributed by atoms with Gasteiger partial charge >= 0.3 is 0 Å². The maximum Gasteiger partial charge on any atom is 0.115 e. The van der Waals surface area contributed by atoms with E-state index >= 15 is 0 Å². The standard InChI is InChI=1S/C17H18ClN3/c1-3-4-5-13-7-6-12(2)10-17(13)21-19-15-9-8-14(18)11-16(15)20-21/h6-11H,3-5H2,1-2H3. The minimum atomic E-state index is 0.685. The van der Waals surface area contributed by atoms with Crippen molar-refractivity contribution in [1.82, 2.24) is 15.0 Å². The van der Waals surface area contributed by atoms with Crippen LogP contribution in [-0.4, -0.2) is 15.0 Å². The van der Waals surface area contributed by atoms with Crippen LogP contribution in [0.3, 0.4) is 0 Å². The summed E-state index contributed by atoms with van der Waals surface area (Å²) < 4.78 is 0. The lowest BCUT2D eigenvalue weighted by atomic mass is 10.0. The van der Waals surface area contributed by atoms with Crippen molar-refractivity contribution in [3.63, 3.8) is 0 Å². The summed E-state index contributed by atoms with van der Waals surface area (Å²) in [6, 6.07) is 12.1. The molecule has 1 aromatic heterocycles. The van der Waals surface area contributed by atoms with Crippen LogP contribution in [0.5, 0.6) is 0 Å². The molecule has 0 aliphatic heterocycles. The van der Waals surface area contributed by atoms with Gasteiger partial charge < -0.3 is 0 Å². The smallest absolute Gasteiger partial charge is 0.115 e. The van der Waals surface area contributed by atoms with Gasteiger partial charge in [-0.2, -0.15) is 4.80 Å². The molecule has 0 spiro atoms. The van der Waals surface area contributed by atoms with Gasteiger partial charge in [-0.15, -0.1) is 10.2 Å². The highest BCUT2D eigenvalue weighted by atomic mass is 35.5. The van der Waals surface area contributed by atoms with E-state index in [4.69, 9.17) is 11.6 Å². The van der Waals surface area contributed by atoms with E-state index in [1.165, 1.54) is 24.0 Å². The van der Waals surface area contributed by atoms with Gasteiger partial charge in [-0.3, -0.25) is 0 Å². The van der Waals surface area contributed by atoms with Crippen LogP contribution in [0, 0.1) is 6.92 Å². The molecular formula is C17H18ClN3. The van der Waals surface area contributed by atoms with Crippen molar-refractivity contribution in [1.29, 1.82) is 0 Å². The van der Waals surface area contributed by atoms with E-state index < -0.39 is 0 Å². The minimum absolute atomic E-state index is 0.685. The van der Waals surface area contributed by atoms with Crippen LogP contribution in [0.15, 0.2) is 36.4 Å². The zero-order valence-corrected chi connectivity index (χ0v) is 13.1. The van der Waals surface area contributed by atoms with Gasteiger partial charge in [0.2, 0.25) is 0 Å². The average molecular weight is 300 g/mol. The molecule has 3 aromatic rings. The zero-order chi connectivity index (χ0) is 14.8. The van der Waals surface area contributed by atoms with Crippen LogP contribution < -0.4 is 0 Å². The van der Waals surface area contributed by atoms with E-state index in [2.05, 4.69) is 42.2 Å². The van der Waals surface area contributed by atoms with E-state index in [0.717, 1.165) is 23.1 Å². The Bertz CT molecular complexity index is 777. The molecule has 2 aromatic carbocycles. The monoisotopic (exact) mass is 299 g/mol. The van der Waals surface area contributed by atoms with Crippen molar-refractivity contribution >= 4 is 22.6 Å². The van der Waals surface area contributed by atoms with Gasteiger partial charge in [-0.1, -0.05) is 37.1 Å². The maximum atomic E-state index is 6.02. The first-order valence-corrected chi connectivity index (χ1v) is 7.67. The van der Waals surface area contributed by atoms with Crippen LogP contribution >= 0.6 is 11.6 Å². The third kappa shape index (κ3) is 2.93. The topological polar surface area (TPSA) is 30.7 Å². The third-order valence-electron chi connectivity index (χ3n) is 3.60. The SMILES string of the molecule is CCCCc1ccc(C)cc1-n1nc2ccc(Cl)cc2n1. The van der Waals surface area contributed by atoms with Gasteiger partial charge in [0.25, 0.3) is 0 Å². The van der Waals surface area contributed by atoms with Gasteiger partial charge in [0.1, 0.15) is 11.0 Å². The van der Waals surface area contributed by atoms with Crippen molar-refractivity contribution in [2.75, 3.05) is 0 Å². The fourth-order valence-electron chi connectivity index (χ4n) is 2.43. The number of aromatic nitrogens is 3. The molecule has 4 heteroatoms. The Morgan fingerprint density at radius 3 is 2.67 bits per heavy atom. The number of aryl methyl sites for hydroxylation is 2. The first-order chi connectivity index (χ1) is 10.2. The van der Waals surface area contributed by atoms with E-state index in [0.29, 0.717) is 5.02 Å². The molecule has 1 heterocycles. The number of hydrogen-bond donors (Lipinski definition) is 0. The molecule has 0 unspecified atom stereocenters.